The Morgan fingerprint density at radius 3 is 2.92 bits per heavy atom. The number of imidazole rings is 1. The molecule has 0 aliphatic carbocycles. The Kier molecular flexibility index (Phi) is 4.26. The number of rotatable bonds is 4. The average Bonchev–Trinajstić information content (AvgIpc) is 3.00. The van der Waals surface area contributed by atoms with Gasteiger partial charge in [0.2, 0.25) is 5.91 Å². The van der Waals surface area contributed by atoms with Gasteiger partial charge in [0, 0.05) is 28.9 Å². The van der Waals surface area contributed by atoms with Crippen LogP contribution in [0.1, 0.15) is 16.3 Å². The van der Waals surface area contributed by atoms with Crippen molar-refractivity contribution in [3.05, 3.63) is 46.7 Å². The number of amides is 1. The number of aromatic nitrogens is 2. The lowest BCUT2D eigenvalue weighted by Crippen LogP contribution is -2.07. The zero-order valence-corrected chi connectivity index (χ0v) is 14.3. The molecule has 1 amide bonds. The third-order valence-corrected chi connectivity index (χ3v) is 4.40. The highest BCUT2D eigenvalue weighted by molar-refractivity contribution is 7.17. The number of carbonyl (C=O) groups is 1. The summed E-state index contributed by atoms with van der Waals surface area (Å²) in [4.78, 5) is 18.6. The fourth-order valence-corrected chi connectivity index (χ4v) is 3.27. The maximum Gasteiger partial charge on any atom is 0.248 e. The van der Waals surface area contributed by atoms with Crippen LogP contribution in [-0.2, 0) is 4.79 Å². The van der Waals surface area contributed by atoms with Crippen molar-refractivity contribution in [1.82, 2.24) is 9.38 Å². The zero-order chi connectivity index (χ0) is 17.3. The zero-order valence-electron chi connectivity index (χ0n) is 13.5. The van der Waals surface area contributed by atoms with Gasteiger partial charge in [-0.2, -0.15) is 0 Å². The summed E-state index contributed by atoms with van der Waals surface area (Å²) in [6.45, 7) is 3.93. The van der Waals surface area contributed by atoms with Crippen molar-refractivity contribution >= 4 is 34.0 Å². The number of aromatic hydroxyl groups is 1. The molecular weight excluding hydrogens is 326 g/mol. The summed E-state index contributed by atoms with van der Waals surface area (Å²) in [5, 5.41) is 12.4. The molecule has 0 aliphatic rings. The van der Waals surface area contributed by atoms with Crippen LogP contribution >= 0.6 is 11.3 Å². The van der Waals surface area contributed by atoms with E-state index in [1.54, 1.807) is 29.5 Å². The molecular formula is C17H17N3O3S. The summed E-state index contributed by atoms with van der Waals surface area (Å²) in [5.74, 6) is 0.0379. The van der Waals surface area contributed by atoms with Crippen LogP contribution in [0.25, 0.3) is 11.0 Å². The molecule has 0 atom stereocenters. The van der Waals surface area contributed by atoms with Crippen molar-refractivity contribution in [2.45, 2.75) is 13.8 Å². The van der Waals surface area contributed by atoms with Gasteiger partial charge in [-0.25, -0.2) is 4.98 Å². The maximum absolute atomic E-state index is 12.1. The standard InChI is InChI=1S/C17H17N3O3S/c1-10-9-20-13(11(2)18-17(20)24-10)5-7-16(22)19-12-4-6-15(23-3)14(21)8-12/h4-9,21H,1-3H3,(H,19,22). The quantitative estimate of drug-likeness (QED) is 0.712. The third kappa shape index (κ3) is 3.11. The van der Waals surface area contributed by atoms with Gasteiger partial charge in [0.1, 0.15) is 0 Å². The predicted molar refractivity (Wildman–Crippen MR) is 94.9 cm³/mol. The highest BCUT2D eigenvalue weighted by Crippen LogP contribution is 2.28. The molecule has 3 rings (SSSR count). The Bertz CT molecular complexity index is 940. The minimum Gasteiger partial charge on any atom is -0.504 e. The van der Waals surface area contributed by atoms with Crippen LogP contribution in [0.15, 0.2) is 30.5 Å². The van der Waals surface area contributed by atoms with Crippen molar-refractivity contribution in [3.8, 4) is 11.5 Å². The minimum atomic E-state index is -0.291. The van der Waals surface area contributed by atoms with E-state index in [0.29, 0.717) is 11.4 Å². The van der Waals surface area contributed by atoms with Crippen LogP contribution < -0.4 is 10.1 Å². The van der Waals surface area contributed by atoms with E-state index in [2.05, 4.69) is 10.3 Å². The van der Waals surface area contributed by atoms with Gasteiger partial charge >= 0.3 is 0 Å². The number of ether oxygens (including phenoxy) is 1. The lowest BCUT2D eigenvalue weighted by molar-refractivity contribution is -0.111. The van der Waals surface area contributed by atoms with Gasteiger partial charge in [-0.05, 0) is 32.1 Å². The number of methoxy groups -OCH3 is 1. The lowest BCUT2D eigenvalue weighted by Gasteiger charge is -2.06. The number of nitrogens with zero attached hydrogens (tertiary/aromatic N) is 2. The van der Waals surface area contributed by atoms with Gasteiger partial charge in [0.25, 0.3) is 0 Å². The van der Waals surface area contributed by atoms with E-state index in [1.807, 2.05) is 24.4 Å². The van der Waals surface area contributed by atoms with Gasteiger partial charge in [0.15, 0.2) is 16.5 Å². The Labute approximate surface area is 143 Å². The monoisotopic (exact) mass is 343 g/mol. The summed E-state index contributed by atoms with van der Waals surface area (Å²) in [5.41, 5.74) is 2.24. The SMILES string of the molecule is COc1ccc(NC(=O)C=Cc2c(C)nc3sc(C)cn23)cc1O. The molecule has 0 fully saturated rings. The van der Waals surface area contributed by atoms with E-state index in [0.717, 1.165) is 21.2 Å². The van der Waals surface area contributed by atoms with Crippen LogP contribution in [-0.4, -0.2) is 27.5 Å². The number of carbonyl (C=O) groups excluding carboxylic acids is 1. The fourth-order valence-electron chi connectivity index (χ4n) is 2.39. The summed E-state index contributed by atoms with van der Waals surface area (Å²) >= 11 is 1.61. The van der Waals surface area contributed by atoms with Crippen molar-refractivity contribution in [2.75, 3.05) is 12.4 Å². The summed E-state index contributed by atoms with van der Waals surface area (Å²) in [6, 6.07) is 4.69. The first-order chi connectivity index (χ1) is 11.5. The van der Waals surface area contributed by atoms with E-state index < -0.39 is 0 Å². The van der Waals surface area contributed by atoms with Crippen LogP contribution in [0.4, 0.5) is 5.69 Å². The molecule has 2 aromatic heterocycles. The molecule has 1 aromatic carbocycles. The molecule has 7 heteroatoms. The Balaban J connectivity index is 1.77. The second kappa shape index (κ2) is 6.37. The largest absolute Gasteiger partial charge is 0.504 e. The molecule has 0 saturated heterocycles. The number of benzene rings is 1. The molecule has 0 bridgehead atoms. The smallest absolute Gasteiger partial charge is 0.248 e. The first-order valence-electron chi connectivity index (χ1n) is 7.29. The molecule has 24 heavy (non-hydrogen) atoms. The second-order valence-electron chi connectivity index (χ2n) is 5.29. The molecule has 0 saturated carbocycles. The van der Waals surface area contributed by atoms with Crippen LogP contribution in [0.3, 0.4) is 0 Å². The highest BCUT2D eigenvalue weighted by atomic mass is 32.1. The number of fused-ring (bicyclic) bond motifs is 1. The van der Waals surface area contributed by atoms with E-state index >= 15 is 0 Å². The number of thiazole rings is 1. The molecule has 0 unspecified atom stereocenters. The number of nitrogens with one attached hydrogen (secondary N) is 1. The first kappa shape index (κ1) is 16.1. The molecule has 0 spiro atoms. The Hall–Kier alpha value is -2.80. The second-order valence-corrected chi connectivity index (χ2v) is 6.50. The van der Waals surface area contributed by atoms with Crippen molar-refractivity contribution in [3.63, 3.8) is 0 Å². The summed E-state index contributed by atoms with van der Waals surface area (Å²) in [6.07, 6.45) is 5.18. The van der Waals surface area contributed by atoms with Gasteiger partial charge in [-0.1, -0.05) is 0 Å². The van der Waals surface area contributed by atoms with Gasteiger partial charge in [0.05, 0.1) is 18.5 Å². The van der Waals surface area contributed by atoms with Crippen molar-refractivity contribution in [2.24, 2.45) is 0 Å². The molecule has 0 aliphatic heterocycles. The number of hydrogen-bond donors (Lipinski definition) is 2. The molecule has 0 radical (unpaired) electrons. The van der Waals surface area contributed by atoms with E-state index in [-0.39, 0.29) is 11.7 Å². The molecule has 6 nitrogen and oxygen atoms in total. The molecule has 2 heterocycles. The minimum absolute atomic E-state index is 0.0265. The molecule has 124 valence electrons. The highest BCUT2D eigenvalue weighted by Gasteiger charge is 2.09. The Morgan fingerprint density at radius 2 is 2.21 bits per heavy atom. The number of phenolic OH excluding ortho intramolecular Hbond substituents is 1. The molecule has 3 aromatic rings. The number of hydrogen-bond acceptors (Lipinski definition) is 5. The lowest BCUT2D eigenvalue weighted by atomic mass is 10.2. The van der Waals surface area contributed by atoms with E-state index in [4.69, 9.17) is 4.74 Å². The van der Waals surface area contributed by atoms with Gasteiger partial charge in [-0.15, -0.1) is 11.3 Å². The first-order valence-corrected chi connectivity index (χ1v) is 8.10. The van der Waals surface area contributed by atoms with Crippen LogP contribution in [0.2, 0.25) is 0 Å². The van der Waals surface area contributed by atoms with Crippen molar-refractivity contribution < 1.29 is 14.6 Å². The normalized spacial score (nSPS) is 11.3. The number of phenols is 1. The van der Waals surface area contributed by atoms with Crippen LogP contribution in [0.5, 0.6) is 11.5 Å². The number of aryl methyl sites for hydroxylation is 2. The van der Waals surface area contributed by atoms with Crippen LogP contribution in [0, 0.1) is 13.8 Å². The van der Waals surface area contributed by atoms with Gasteiger partial charge < -0.3 is 15.2 Å². The fraction of sp³-hybridized carbons (Fsp3) is 0.176. The van der Waals surface area contributed by atoms with Crippen molar-refractivity contribution in [1.29, 1.82) is 0 Å². The summed E-state index contributed by atoms with van der Waals surface area (Å²) < 4.78 is 6.94. The summed E-state index contributed by atoms with van der Waals surface area (Å²) in [7, 11) is 1.47. The van der Waals surface area contributed by atoms with E-state index in [9.17, 15) is 9.90 Å². The maximum atomic E-state index is 12.1. The van der Waals surface area contributed by atoms with Gasteiger partial charge in [-0.3, -0.25) is 9.20 Å². The molecule has 2 N–H and O–H groups in total. The third-order valence-electron chi connectivity index (χ3n) is 3.50. The average molecular weight is 343 g/mol. The number of anilines is 1. The van der Waals surface area contributed by atoms with E-state index in [1.165, 1.54) is 19.3 Å². The topological polar surface area (TPSA) is 75.9 Å². The predicted octanol–water partition coefficient (Wildman–Crippen LogP) is 3.38. The Morgan fingerprint density at radius 1 is 1.42 bits per heavy atom.